The molecule has 0 aliphatic rings. The van der Waals surface area contributed by atoms with Gasteiger partial charge in [0.05, 0.1) is 18.2 Å². The molecule has 110 valence electrons. The Kier molecular flexibility index (Phi) is 6.64. The second kappa shape index (κ2) is 8.25. The van der Waals surface area contributed by atoms with E-state index in [-0.39, 0.29) is 0 Å². The zero-order valence-electron chi connectivity index (χ0n) is 12.2. The highest BCUT2D eigenvalue weighted by Gasteiger charge is 2.18. The lowest BCUT2D eigenvalue weighted by atomic mass is 10.1. The molecule has 0 aliphatic heterocycles. The lowest BCUT2D eigenvalue weighted by Crippen LogP contribution is -2.32. The monoisotopic (exact) mass is 277 g/mol. The number of aliphatic carboxylic acids is 1. The van der Waals surface area contributed by atoms with Crippen molar-refractivity contribution in [2.75, 3.05) is 24.6 Å². The smallest absolute Gasteiger partial charge is 0.308 e. The van der Waals surface area contributed by atoms with Crippen LogP contribution in [0.25, 0.3) is 0 Å². The van der Waals surface area contributed by atoms with Crippen molar-refractivity contribution >= 4 is 11.7 Å². The normalized spacial score (nSPS) is 11.7. The van der Waals surface area contributed by atoms with Gasteiger partial charge in [0.25, 0.3) is 0 Å². The lowest BCUT2D eigenvalue weighted by molar-refractivity contribution is -0.140. The Hall–Kier alpha value is -1.97. The number of carboxylic acid groups (broad SMARTS) is 1. The molecule has 0 saturated carbocycles. The average molecular weight is 277 g/mol. The van der Waals surface area contributed by atoms with E-state index < -0.39 is 11.9 Å². The van der Waals surface area contributed by atoms with Crippen molar-refractivity contribution in [2.24, 2.45) is 5.92 Å². The summed E-state index contributed by atoms with van der Waals surface area (Å²) in [5.41, 5.74) is 0.911. The van der Waals surface area contributed by atoms with E-state index in [2.05, 4.69) is 13.5 Å². The van der Waals surface area contributed by atoms with E-state index in [1.807, 2.05) is 29.2 Å². The molecule has 0 bridgehead atoms. The van der Waals surface area contributed by atoms with Crippen LogP contribution in [0.3, 0.4) is 0 Å². The van der Waals surface area contributed by atoms with Gasteiger partial charge in [0.2, 0.25) is 0 Å². The van der Waals surface area contributed by atoms with E-state index >= 15 is 0 Å². The first-order chi connectivity index (χ1) is 9.60. The molecular weight excluding hydrogens is 254 g/mol. The van der Waals surface area contributed by atoms with E-state index in [0.717, 1.165) is 17.9 Å². The molecule has 0 spiro atoms. The summed E-state index contributed by atoms with van der Waals surface area (Å²) in [4.78, 5) is 13.0. The number of hydrogen-bond donors (Lipinski definition) is 1. The predicted octanol–water partition coefficient (Wildman–Crippen LogP) is 3.19. The first kappa shape index (κ1) is 16.1. The van der Waals surface area contributed by atoms with Crippen LogP contribution in [0.4, 0.5) is 5.69 Å². The van der Waals surface area contributed by atoms with Crippen LogP contribution < -0.4 is 9.64 Å². The molecule has 0 aromatic heterocycles. The fourth-order valence-electron chi connectivity index (χ4n) is 1.89. The van der Waals surface area contributed by atoms with Gasteiger partial charge >= 0.3 is 5.97 Å². The van der Waals surface area contributed by atoms with Crippen molar-refractivity contribution in [1.29, 1.82) is 0 Å². The summed E-state index contributed by atoms with van der Waals surface area (Å²) in [6.07, 6.45) is 2.70. The fourth-order valence-corrected chi connectivity index (χ4v) is 1.89. The lowest BCUT2D eigenvalue weighted by Gasteiger charge is -2.27. The zero-order chi connectivity index (χ0) is 15.0. The van der Waals surface area contributed by atoms with Crippen molar-refractivity contribution in [1.82, 2.24) is 0 Å². The molecule has 4 heteroatoms. The highest BCUT2D eigenvalue weighted by atomic mass is 16.5. The Morgan fingerprint density at radius 3 is 2.80 bits per heavy atom. The summed E-state index contributed by atoms with van der Waals surface area (Å²) in [6.45, 7) is 9.15. The topological polar surface area (TPSA) is 49.8 Å². The number of para-hydroxylation sites is 2. The third-order valence-corrected chi connectivity index (χ3v) is 2.93. The molecule has 4 nitrogen and oxygen atoms in total. The van der Waals surface area contributed by atoms with Gasteiger partial charge in [-0.15, -0.1) is 6.58 Å². The van der Waals surface area contributed by atoms with Gasteiger partial charge in [-0.05, 0) is 18.6 Å². The minimum Gasteiger partial charge on any atom is -0.491 e. The van der Waals surface area contributed by atoms with Gasteiger partial charge in [-0.1, -0.05) is 32.1 Å². The summed E-state index contributed by atoms with van der Waals surface area (Å²) < 4.78 is 5.73. The molecule has 1 aromatic rings. The Bertz CT molecular complexity index is 445. The Labute approximate surface area is 120 Å². The van der Waals surface area contributed by atoms with Gasteiger partial charge in [-0.25, -0.2) is 0 Å². The molecule has 0 heterocycles. The summed E-state index contributed by atoms with van der Waals surface area (Å²) in [5.74, 6) is -0.464. The minimum absolute atomic E-state index is 0.424. The van der Waals surface area contributed by atoms with Crippen molar-refractivity contribution in [3.63, 3.8) is 0 Å². The maximum atomic E-state index is 11.0. The minimum atomic E-state index is -0.800. The molecule has 1 atom stereocenters. The molecule has 1 rings (SSSR count). The number of ether oxygens (including phenoxy) is 1. The first-order valence-electron chi connectivity index (χ1n) is 6.90. The number of hydrogen-bond acceptors (Lipinski definition) is 3. The third-order valence-electron chi connectivity index (χ3n) is 2.93. The molecule has 1 unspecified atom stereocenters. The second-order valence-corrected chi connectivity index (χ2v) is 4.75. The van der Waals surface area contributed by atoms with Crippen LogP contribution >= 0.6 is 0 Å². The molecular formula is C16H23NO3. The van der Waals surface area contributed by atoms with E-state index in [4.69, 9.17) is 9.84 Å². The molecule has 0 amide bonds. The molecule has 0 aliphatic carbocycles. The van der Waals surface area contributed by atoms with Crippen LogP contribution in [0.2, 0.25) is 0 Å². The van der Waals surface area contributed by atoms with Gasteiger partial charge in [0, 0.05) is 13.1 Å². The van der Waals surface area contributed by atoms with Crippen LogP contribution in [0.5, 0.6) is 5.75 Å². The largest absolute Gasteiger partial charge is 0.491 e. The average Bonchev–Trinajstić information content (AvgIpc) is 2.44. The van der Waals surface area contributed by atoms with Crippen LogP contribution in [-0.2, 0) is 4.79 Å². The summed E-state index contributed by atoms with van der Waals surface area (Å²) in [7, 11) is 0. The SMILES string of the molecule is C=CCN(CC(C)C(=O)O)c1ccccc1OCCC. The summed E-state index contributed by atoms with van der Waals surface area (Å²) in [5, 5.41) is 9.07. The number of carboxylic acids is 1. The van der Waals surface area contributed by atoms with Crippen LogP contribution in [0, 0.1) is 5.92 Å². The predicted molar refractivity (Wildman–Crippen MR) is 81.4 cm³/mol. The second-order valence-electron chi connectivity index (χ2n) is 4.75. The standard InChI is InChI=1S/C16H23NO3/c1-4-10-17(12-13(3)16(18)19)14-8-6-7-9-15(14)20-11-5-2/h4,6-9,13H,1,5,10-12H2,2-3H3,(H,18,19). The maximum absolute atomic E-state index is 11.0. The molecule has 0 radical (unpaired) electrons. The number of benzene rings is 1. The van der Waals surface area contributed by atoms with Gasteiger partial charge < -0.3 is 14.7 Å². The van der Waals surface area contributed by atoms with E-state index in [0.29, 0.717) is 19.7 Å². The van der Waals surface area contributed by atoms with Crippen LogP contribution in [-0.4, -0.2) is 30.8 Å². The summed E-state index contributed by atoms with van der Waals surface area (Å²) >= 11 is 0. The molecule has 1 aromatic carbocycles. The number of carbonyl (C=O) groups is 1. The zero-order valence-corrected chi connectivity index (χ0v) is 12.2. The Morgan fingerprint density at radius 2 is 2.20 bits per heavy atom. The number of anilines is 1. The Morgan fingerprint density at radius 1 is 1.50 bits per heavy atom. The molecule has 0 saturated heterocycles. The van der Waals surface area contributed by atoms with Gasteiger partial charge in [0.1, 0.15) is 5.75 Å². The van der Waals surface area contributed by atoms with E-state index in [1.165, 1.54) is 0 Å². The van der Waals surface area contributed by atoms with Crippen molar-refractivity contribution in [3.05, 3.63) is 36.9 Å². The highest BCUT2D eigenvalue weighted by molar-refractivity contribution is 5.71. The third kappa shape index (κ3) is 4.61. The molecule has 20 heavy (non-hydrogen) atoms. The Balaban J connectivity index is 2.95. The van der Waals surface area contributed by atoms with Crippen molar-refractivity contribution in [2.45, 2.75) is 20.3 Å². The quantitative estimate of drug-likeness (QED) is 0.704. The molecule has 1 N–H and O–H groups in total. The number of nitrogens with zero attached hydrogens (tertiary/aromatic N) is 1. The van der Waals surface area contributed by atoms with E-state index in [1.54, 1.807) is 13.0 Å². The van der Waals surface area contributed by atoms with Crippen molar-refractivity contribution < 1.29 is 14.6 Å². The van der Waals surface area contributed by atoms with Crippen LogP contribution in [0.1, 0.15) is 20.3 Å². The van der Waals surface area contributed by atoms with E-state index in [9.17, 15) is 4.79 Å². The molecule has 0 fully saturated rings. The van der Waals surface area contributed by atoms with Gasteiger partial charge in [0.15, 0.2) is 0 Å². The summed E-state index contributed by atoms with van der Waals surface area (Å²) in [6, 6.07) is 7.70. The fraction of sp³-hybridized carbons (Fsp3) is 0.438. The van der Waals surface area contributed by atoms with Crippen molar-refractivity contribution in [3.8, 4) is 5.75 Å². The highest BCUT2D eigenvalue weighted by Crippen LogP contribution is 2.28. The number of rotatable bonds is 9. The first-order valence-corrected chi connectivity index (χ1v) is 6.90. The van der Waals surface area contributed by atoms with Crippen LogP contribution in [0.15, 0.2) is 36.9 Å². The van der Waals surface area contributed by atoms with Gasteiger partial charge in [-0.3, -0.25) is 4.79 Å². The maximum Gasteiger partial charge on any atom is 0.308 e. The van der Waals surface area contributed by atoms with Gasteiger partial charge in [-0.2, -0.15) is 0 Å².